The van der Waals surface area contributed by atoms with Gasteiger partial charge in [-0.05, 0) is 12.5 Å². The number of methoxy groups -OCH3 is 1. The zero-order valence-corrected chi connectivity index (χ0v) is 9.75. The summed E-state index contributed by atoms with van der Waals surface area (Å²) in [5.41, 5.74) is 1.27. The van der Waals surface area contributed by atoms with Gasteiger partial charge in [-0.15, -0.1) is 0 Å². The number of carbonyl (C=O) groups is 1. The van der Waals surface area contributed by atoms with Crippen molar-refractivity contribution in [3.8, 4) is 5.75 Å². The number of fused-ring (bicyclic) bond motifs is 1. The van der Waals surface area contributed by atoms with Gasteiger partial charge < -0.3 is 14.2 Å². The molecule has 1 unspecified atom stereocenters. The van der Waals surface area contributed by atoms with E-state index in [4.69, 9.17) is 9.84 Å². The van der Waals surface area contributed by atoms with Gasteiger partial charge in [-0.1, -0.05) is 6.92 Å². The van der Waals surface area contributed by atoms with Crippen molar-refractivity contribution in [2.24, 2.45) is 0 Å². The maximum atomic E-state index is 11.1. The summed E-state index contributed by atoms with van der Waals surface area (Å²) in [5.74, 6) is -0.693. The van der Waals surface area contributed by atoms with E-state index < -0.39 is 11.9 Å². The number of carboxylic acid groups (broad SMARTS) is 1. The first kappa shape index (κ1) is 11.4. The Bertz CT molecular complexity index is 548. The van der Waals surface area contributed by atoms with Crippen LogP contribution in [-0.2, 0) is 4.79 Å². The maximum absolute atomic E-state index is 11.1. The van der Waals surface area contributed by atoms with Crippen LogP contribution in [0.15, 0.2) is 24.5 Å². The Morgan fingerprint density at radius 3 is 3.00 bits per heavy atom. The van der Waals surface area contributed by atoms with Crippen LogP contribution in [0.5, 0.6) is 5.75 Å². The second-order valence-corrected chi connectivity index (χ2v) is 3.80. The summed E-state index contributed by atoms with van der Waals surface area (Å²) in [5, 5.41) is 9.08. The third-order valence-corrected chi connectivity index (χ3v) is 2.75. The van der Waals surface area contributed by atoms with E-state index in [9.17, 15) is 4.79 Å². The zero-order chi connectivity index (χ0) is 12.4. The van der Waals surface area contributed by atoms with Crippen molar-refractivity contribution in [3.05, 3.63) is 30.2 Å². The minimum Gasteiger partial charge on any atom is -0.497 e. The standard InChI is InChI=1S/C12H14N2O3/c1-3-9(12(15)16)10-7-14-5-4-8(17-2)6-11(14)13-10/h4-7,9H,3H2,1-2H3,(H,15,16). The highest BCUT2D eigenvalue weighted by molar-refractivity contribution is 5.75. The molecule has 0 aliphatic carbocycles. The van der Waals surface area contributed by atoms with E-state index in [2.05, 4.69) is 4.98 Å². The number of nitrogens with zero attached hydrogens (tertiary/aromatic N) is 2. The number of pyridine rings is 1. The van der Waals surface area contributed by atoms with Crippen LogP contribution in [0.4, 0.5) is 0 Å². The highest BCUT2D eigenvalue weighted by Crippen LogP contribution is 2.21. The number of imidazole rings is 1. The molecule has 0 amide bonds. The molecule has 0 saturated heterocycles. The summed E-state index contributed by atoms with van der Waals surface area (Å²) < 4.78 is 6.89. The Kier molecular flexibility index (Phi) is 2.99. The summed E-state index contributed by atoms with van der Waals surface area (Å²) in [4.78, 5) is 15.4. The Hall–Kier alpha value is -2.04. The highest BCUT2D eigenvalue weighted by atomic mass is 16.5. The fraction of sp³-hybridized carbons (Fsp3) is 0.333. The van der Waals surface area contributed by atoms with Gasteiger partial charge in [0.05, 0.1) is 12.8 Å². The normalized spacial score (nSPS) is 12.6. The summed E-state index contributed by atoms with van der Waals surface area (Å²) in [6.45, 7) is 1.84. The van der Waals surface area contributed by atoms with Gasteiger partial charge in [-0.2, -0.15) is 0 Å². The van der Waals surface area contributed by atoms with E-state index in [1.165, 1.54) is 0 Å². The first-order valence-electron chi connectivity index (χ1n) is 5.41. The van der Waals surface area contributed by atoms with Crippen LogP contribution < -0.4 is 4.74 Å². The predicted octanol–water partition coefficient (Wildman–Crippen LogP) is 1.92. The predicted molar refractivity (Wildman–Crippen MR) is 62.4 cm³/mol. The lowest BCUT2D eigenvalue weighted by molar-refractivity contribution is -0.138. The Balaban J connectivity index is 2.46. The first-order chi connectivity index (χ1) is 8.15. The summed E-state index contributed by atoms with van der Waals surface area (Å²) >= 11 is 0. The number of aromatic nitrogens is 2. The van der Waals surface area contributed by atoms with Gasteiger partial charge in [-0.3, -0.25) is 4.79 Å². The van der Waals surface area contributed by atoms with Gasteiger partial charge >= 0.3 is 5.97 Å². The van der Waals surface area contributed by atoms with E-state index in [1.54, 1.807) is 36.0 Å². The zero-order valence-electron chi connectivity index (χ0n) is 9.75. The third kappa shape index (κ3) is 2.08. The van der Waals surface area contributed by atoms with Crippen LogP contribution in [0.1, 0.15) is 25.0 Å². The molecule has 2 heterocycles. The number of hydrogen-bond acceptors (Lipinski definition) is 3. The van der Waals surface area contributed by atoms with Crippen molar-refractivity contribution in [3.63, 3.8) is 0 Å². The number of aliphatic carboxylic acids is 1. The average molecular weight is 234 g/mol. The van der Waals surface area contributed by atoms with E-state index in [0.717, 1.165) is 0 Å². The molecule has 0 saturated carbocycles. The monoisotopic (exact) mass is 234 g/mol. The molecule has 17 heavy (non-hydrogen) atoms. The minimum atomic E-state index is -0.845. The van der Waals surface area contributed by atoms with Gasteiger partial charge in [0.1, 0.15) is 17.3 Å². The van der Waals surface area contributed by atoms with Crippen LogP contribution >= 0.6 is 0 Å². The summed E-state index contributed by atoms with van der Waals surface area (Å²) in [6, 6.07) is 3.58. The summed E-state index contributed by atoms with van der Waals surface area (Å²) in [6.07, 6.45) is 4.08. The lowest BCUT2D eigenvalue weighted by Crippen LogP contribution is -2.10. The molecule has 2 aromatic rings. The molecular weight excluding hydrogens is 220 g/mol. The fourth-order valence-corrected chi connectivity index (χ4v) is 1.79. The largest absolute Gasteiger partial charge is 0.497 e. The van der Waals surface area contributed by atoms with E-state index in [-0.39, 0.29) is 0 Å². The first-order valence-corrected chi connectivity index (χ1v) is 5.41. The Morgan fingerprint density at radius 2 is 2.41 bits per heavy atom. The lowest BCUT2D eigenvalue weighted by Gasteiger charge is -2.04. The van der Waals surface area contributed by atoms with E-state index in [1.807, 2.05) is 6.92 Å². The van der Waals surface area contributed by atoms with Gasteiger partial charge in [0.15, 0.2) is 0 Å². The smallest absolute Gasteiger partial charge is 0.312 e. The molecule has 0 radical (unpaired) electrons. The molecule has 2 aromatic heterocycles. The van der Waals surface area contributed by atoms with Crippen LogP contribution in [0.3, 0.4) is 0 Å². The summed E-state index contributed by atoms with van der Waals surface area (Å²) in [7, 11) is 1.59. The number of ether oxygens (including phenoxy) is 1. The Morgan fingerprint density at radius 1 is 1.65 bits per heavy atom. The van der Waals surface area contributed by atoms with Gasteiger partial charge in [0.25, 0.3) is 0 Å². The third-order valence-electron chi connectivity index (χ3n) is 2.75. The molecule has 1 atom stereocenters. The maximum Gasteiger partial charge on any atom is 0.312 e. The topological polar surface area (TPSA) is 63.8 Å². The molecule has 0 aliphatic rings. The van der Waals surface area contributed by atoms with Crippen LogP contribution in [-0.4, -0.2) is 27.6 Å². The molecule has 0 aromatic carbocycles. The molecule has 0 aliphatic heterocycles. The van der Waals surface area contributed by atoms with Gasteiger partial charge in [-0.25, -0.2) is 4.98 Å². The second kappa shape index (κ2) is 4.45. The molecular formula is C12H14N2O3. The van der Waals surface area contributed by atoms with Crippen molar-refractivity contribution in [2.75, 3.05) is 7.11 Å². The quantitative estimate of drug-likeness (QED) is 0.877. The minimum absolute atomic E-state index is 0.524. The van der Waals surface area contributed by atoms with Crippen molar-refractivity contribution >= 4 is 11.6 Å². The van der Waals surface area contributed by atoms with Crippen LogP contribution in [0, 0.1) is 0 Å². The van der Waals surface area contributed by atoms with Crippen molar-refractivity contribution in [1.29, 1.82) is 0 Å². The lowest BCUT2D eigenvalue weighted by atomic mass is 10.0. The molecule has 0 bridgehead atoms. The molecule has 5 heteroatoms. The Labute approximate surface area is 98.7 Å². The number of rotatable bonds is 4. The van der Waals surface area contributed by atoms with Gasteiger partial charge in [0, 0.05) is 18.5 Å². The number of hydrogen-bond donors (Lipinski definition) is 1. The van der Waals surface area contributed by atoms with E-state index in [0.29, 0.717) is 23.5 Å². The van der Waals surface area contributed by atoms with Crippen LogP contribution in [0.2, 0.25) is 0 Å². The molecule has 2 rings (SSSR count). The molecule has 5 nitrogen and oxygen atoms in total. The van der Waals surface area contributed by atoms with Gasteiger partial charge in [0.2, 0.25) is 0 Å². The van der Waals surface area contributed by atoms with Crippen LogP contribution in [0.25, 0.3) is 5.65 Å². The average Bonchev–Trinajstić information content (AvgIpc) is 2.71. The molecule has 90 valence electrons. The van der Waals surface area contributed by atoms with Crippen molar-refractivity contribution in [2.45, 2.75) is 19.3 Å². The second-order valence-electron chi connectivity index (χ2n) is 3.80. The highest BCUT2D eigenvalue weighted by Gasteiger charge is 2.20. The molecule has 1 N–H and O–H groups in total. The van der Waals surface area contributed by atoms with Crippen molar-refractivity contribution in [1.82, 2.24) is 9.38 Å². The van der Waals surface area contributed by atoms with E-state index >= 15 is 0 Å². The fourth-order valence-electron chi connectivity index (χ4n) is 1.79. The van der Waals surface area contributed by atoms with Crippen molar-refractivity contribution < 1.29 is 14.6 Å². The SMILES string of the molecule is CCC(C(=O)O)c1cn2ccc(OC)cc2n1. The number of carboxylic acids is 1. The molecule has 0 spiro atoms. The molecule has 0 fully saturated rings.